The maximum atomic E-state index is 11.6. The minimum absolute atomic E-state index is 0.132. The molecule has 2 saturated heterocycles. The van der Waals surface area contributed by atoms with Crippen LogP contribution in [0.3, 0.4) is 0 Å². The van der Waals surface area contributed by atoms with E-state index in [0.717, 1.165) is 32.6 Å². The lowest BCUT2D eigenvalue weighted by atomic mass is 10.2. The van der Waals surface area contributed by atoms with E-state index in [1.54, 1.807) is 6.92 Å². The van der Waals surface area contributed by atoms with Crippen LogP contribution in [0, 0.1) is 6.92 Å². The standard InChI is InChI=1S/C15H22N2O5S/c1-11-8-13(18)15(19)14(22-11)9-16-3-5-17(6-4-16)12-2-7-23(20,21)10-12/h8,12,19H,2-7,9-10H2,1H3. The van der Waals surface area contributed by atoms with Crippen LogP contribution in [-0.4, -0.2) is 67.1 Å². The highest BCUT2D eigenvalue weighted by atomic mass is 32.2. The van der Waals surface area contributed by atoms with Crippen LogP contribution in [0.1, 0.15) is 17.9 Å². The Bertz CT molecular complexity index is 735. The van der Waals surface area contributed by atoms with Gasteiger partial charge in [-0.25, -0.2) is 8.42 Å². The molecule has 1 atom stereocenters. The molecule has 2 aliphatic rings. The van der Waals surface area contributed by atoms with Crippen molar-refractivity contribution in [2.75, 3.05) is 37.7 Å². The van der Waals surface area contributed by atoms with Crippen LogP contribution in [0.4, 0.5) is 0 Å². The fourth-order valence-corrected chi connectivity index (χ4v) is 5.08. The Labute approximate surface area is 135 Å². The summed E-state index contributed by atoms with van der Waals surface area (Å²) in [5.74, 6) is 1.02. The summed E-state index contributed by atoms with van der Waals surface area (Å²) in [5.41, 5.74) is -0.418. The first-order valence-electron chi connectivity index (χ1n) is 7.83. The summed E-state index contributed by atoms with van der Waals surface area (Å²) in [4.78, 5) is 15.9. The van der Waals surface area contributed by atoms with Crippen molar-refractivity contribution >= 4 is 9.84 Å². The van der Waals surface area contributed by atoms with Gasteiger partial charge in [0, 0.05) is 38.3 Å². The lowest BCUT2D eigenvalue weighted by molar-refractivity contribution is 0.0937. The number of aromatic hydroxyl groups is 1. The van der Waals surface area contributed by atoms with Gasteiger partial charge in [-0.2, -0.15) is 0 Å². The number of hydrogen-bond donors (Lipinski definition) is 1. The molecule has 0 aromatic carbocycles. The van der Waals surface area contributed by atoms with Gasteiger partial charge < -0.3 is 9.52 Å². The fraction of sp³-hybridized carbons (Fsp3) is 0.667. The zero-order valence-electron chi connectivity index (χ0n) is 13.2. The lowest BCUT2D eigenvalue weighted by Gasteiger charge is -2.37. The normalized spacial score (nSPS) is 25.7. The zero-order chi connectivity index (χ0) is 16.6. The van der Waals surface area contributed by atoms with Crippen molar-refractivity contribution in [3.05, 3.63) is 27.8 Å². The molecule has 0 spiro atoms. The van der Waals surface area contributed by atoms with Crippen molar-refractivity contribution in [3.63, 3.8) is 0 Å². The maximum absolute atomic E-state index is 11.6. The SMILES string of the molecule is Cc1cc(=O)c(O)c(CN2CCN(C3CCS(=O)(=O)C3)CC2)o1. The van der Waals surface area contributed by atoms with Crippen molar-refractivity contribution in [2.24, 2.45) is 0 Å². The third kappa shape index (κ3) is 3.76. The molecule has 0 aliphatic carbocycles. The number of aryl methyl sites for hydroxylation is 1. The Kier molecular flexibility index (Phi) is 4.48. The first kappa shape index (κ1) is 16.5. The average Bonchev–Trinajstić information content (AvgIpc) is 2.85. The van der Waals surface area contributed by atoms with E-state index in [2.05, 4.69) is 9.80 Å². The minimum Gasteiger partial charge on any atom is -0.502 e. The summed E-state index contributed by atoms with van der Waals surface area (Å²) in [6.45, 7) is 5.16. The summed E-state index contributed by atoms with van der Waals surface area (Å²) in [6, 6.07) is 1.41. The fourth-order valence-electron chi connectivity index (χ4n) is 3.32. The highest BCUT2D eigenvalue weighted by molar-refractivity contribution is 7.91. The predicted molar refractivity (Wildman–Crippen MR) is 85.3 cm³/mol. The highest BCUT2D eigenvalue weighted by Gasteiger charge is 2.33. The third-order valence-corrected chi connectivity index (χ3v) is 6.37. The molecule has 0 radical (unpaired) electrons. The van der Waals surface area contributed by atoms with Crippen LogP contribution < -0.4 is 5.43 Å². The van der Waals surface area contributed by atoms with Crippen LogP contribution in [0.15, 0.2) is 15.3 Å². The van der Waals surface area contributed by atoms with Crippen molar-refractivity contribution in [1.82, 2.24) is 9.80 Å². The van der Waals surface area contributed by atoms with Crippen molar-refractivity contribution in [2.45, 2.75) is 25.9 Å². The van der Waals surface area contributed by atoms with Crippen LogP contribution in [0.25, 0.3) is 0 Å². The maximum Gasteiger partial charge on any atom is 0.227 e. The van der Waals surface area contributed by atoms with E-state index < -0.39 is 15.3 Å². The Morgan fingerprint density at radius 2 is 2.00 bits per heavy atom. The first-order chi connectivity index (χ1) is 10.8. The quantitative estimate of drug-likeness (QED) is 0.824. The number of nitrogens with zero attached hydrogens (tertiary/aromatic N) is 2. The van der Waals surface area contributed by atoms with E-state index >= 15 is 0 Å². The second kappa shape index (κ2) is 6.26. The van der Waals surface area contributed by atoms with Gasteiger partial charge in [-0.1, -0.05) is 0 Å². The molecule has 8 heteroatoms. The molecule has 0 saturated carbocycles. The molecule has 0 amide bonds. The van der Waals surface area contributed by atoms with Crippen LogP contribution in [-0.2, 0) is 16.4 Å². The van der Waals surface area contributed by atoms with E-state index in [1.165, 1.54) is 6.07 Å². The number of hydrogen-bond acceptors (Lipinski definition) is 7. The second-order valence-electron chi connectivity index (χ2n) is 6.36. The van der Waals surface area contributed by atoms with Gasteiger partial charge in [0.1, 0.15) is 5.76 Å². The Morgan fingerprint density at radius 1 is 1.30 bits per heavy atom. The molecule has 2 aliphatic heterocycles. The number of rotatable bonds is 3. The van der Waals surface area contributed by atoms with E-state index in [9.17, 15) is 18.3 Å². The van der Waals surface area contributed by atoms with Gasteiger partial charge in [-0.15, -0.1) is 0 Å². The average molecular weight is 342 g/mol. The van der Waals surface area contributed by atoms with Crippen LogP contribution >= 0.6 is 0 Å². The molecule has 1 N–H and O–H groups in total. The molecule has 1 unspecified atom stereocenters. The molecule has 1 aromatic heterocycles. The minimum atomic E-state index is -2.86. The molecule has 128 valence electrons. The van der Waals surface area contributed by atoms with Crippen LogP contribution in [0.5, 0.6) is 5.75 Å². The molecule has 7 nitrogen and oxygen atoms in total. The van der Waals surface area contributed by atoms with Gasteiger partial charge in [0.2, 0.25) is 11.2 Å². The Balaban J connectivity index is 1.59. The smallest absolute Gasteiger partial charge is 0.227 e. The molecular weight excluding hydrogens is 320 g/mol. The topological polar surface area (TPSA) is 91.1 Å². The molecule has 3 heterocycles. The van der Waals surface area contributed by atoms with Crippen molar-refractivity contribution in [3.8, 4) is 5.75 Å². The molecule has 2 fully saturated rings. The third-order valence-electron chi connectivity index (χ3n) is 4.61. The highest BCUT2D eigenvalue weighted by Crippen LogP contribution is 2.21. The summed E-state index contributed by atoms with van der Waals surface area (Å²) in [7, 11) is -2.86. The van der Waals surface area contributed by atoms with E-state index in [1.807, 2.05) is 0 Å². The number of sulfone groups is 1. The van der Waals surface area contributed by atoms with Gasteiger partial charge in [0.15, 0.2) is 15.6 Å². The van der Waals surface area contributed by atoms with E-state index in [0.29, 0.717) is 23.8 Å². The Hall–Kier alpha value is -1.38. The molecule has 1 aromatic rings. The monoisotopic (exact) mass is 342 g/mol. The van der Waals surface area contributed by atoms with Gasteiger partial charge in [0.05, 0.1) is 18.1 Å². The lowest BCUT2D eigenvalue weighted by Crippen LogP contribution is -2.50. The molecule has 0 bridgehead atoms. The van der Waals surface area contributed by atoms with Crippen molar-refractivity contribution < 1.29 is 17.9 Å². The predicted octanol–water partition coefficient (Wildman–Crippen LogP) is -0.0415. The van der Waals surface area contributed by atoms with Gasteiger partial charge in [0.25, 0.3) is 0 Å². The zero-order valence-corrected chi connectivity index (χ0v) is 14.0. The number of piperazine rings is 1. The summed E-state index contributed by atoms with van der Waals surface area (Å²) in [6.07, 6.45) is 0.718. The first-order valence-corrected chi connectivity index (χ1v) is 9.65. The van der Waals surface area contributed by atoms with Crippen molar-refractivity contribution in [1.29, 1.82) is 0 Å². The molecule has 3 rings (SSSR count). The van der Waals surface area contributed by atoms with Crippen LogP contribution in [0.2, 0.25) is 0 Å². The Morgan fingerprint density at radius 3 is 2.61 bits per heavy atom. The largest absolute Gasteiger partial charge is 0.502 e. The van der Waals surface area contributed by atoms with E-state index in [-0.39, 0.29) is 17.5 Å². The summed E-state index contributed by atoms with van der Waals surface area (Å²) >= 11 is 0. The molecular formula is C15H22N2O5S. The second-order valence-corrected chi connectivity index (χ2v) is 8.59. The van der Waals surface area contributed by atoms with Gasteiger partial charge >= 0.3 is 0 Å². The summed E-state index contributed by atoms with van der Waals surface area (Å²) in [5, 5.41) is 9.82. The van der Waals surface area contributed by atoms with Gasteiger partial charge in [-0.3, -0.25) is 14.6 Å². The summed E-state index contributed by atoms with van der Waals surface area (Å²) < 4.78 is 28.6. The van der Waals surface area contributed by atoms with Gasteiger partial charge in [-0.05, 0) is 13.3 Å². The molecule has 23 heavy (non-hydrogen) atoms. The van der Waals surface area contributed by atoms with E-state index in [4.69, 9.17) is 4.42 Å².